The molecule has 0 aromatic heterocycles. The van der Waals surface area contributed by atoms with Crippen molar-refractivity contribution in [2.24, 2.45) is 0 Å². The third-order valence-corrected chi connectivity index (χ3v) is 2.28. The van der Waals surface area contributed by atoms with Crippen LogP contribution in [0.2, 0.25) is 0 Å². The highest BCUT2D eigenvalue weighted by Crippen LogP contribution is 2.08. The van der Waals surface area contributed by atoms with Crippen LogP contribution >= 0.6 is 0 Å². The quantitative estimate of drug-likeness (QED) is 0.780. The van der Waals surface area contributed by atoms with Crippen LogP contribution in [0.4, 0.5) is 10.5 Å². The molecule has 1 aliphatic rings. The molecule has 0 radical (unpaired) electrons. The Labute approximate surface area is 94.9 Å². The van der Waals surface area contributed by atoms with Gasteiger partial charge in [-0.25, -0.2) is 4.79 Å². The van der Waals surface area contributed by atoms with Gasteiger partial charge < -0.3 is 10.6 Å². The van der Waals surface area contributed by atoms with E-state index < -0.39 is 0 Å². The van der Waals surface area contributed by atoms with E-state index in [1.165, 1.54) is 0 Å². The van der Waals surface area contributed by atoms with Gasteiger partial charge in [-0.15, -0.1) is 0 Å². The van der Waals surface area contributed by atoms with Crippen LogP contribution in [0.25, 0.3) is 0 Å². The molecule has 3 heteroatoms. The average molecular weight is 214 g/mol. The fourth-order valence-corrected chi connectivity index (χ4v) is 1.52. The lowest BCUT2D eigenvalue weighted by Crippen LogP contribution is -2.27. The number of carbonyl (C=O) groups excluding carboxylic acids is 1. The molecule has 0 spiro atoms. The van der Waals surface area contributed by atoms with Crippen molar-refractivity contribution in [2.45, 2.75) is 12.8 Å². The molecule has 0 saturated heterocycles. The predicted octanol–water partition coefficient (Wildman–Crippen LogP) is 3.04. The molecule has 0 unspecified atom stereocenters. The van der Waals surface area contributed by atoms with Crippen molar-refractivity contribution in [3.63, 3.8) is 0 Å². The summed E-state index contributed by atoms with van der Waals surface area (Å²) in [5.74, 6) is 0. The third kappa shape index (κ3) is 2.98. The van der Waals surface area contributed by atoms with Crippen molar-refractivity contribution in [3.05, 3.63) is 54.3 Å². The molecule has 2 N–H and O–H groups in total. The van der Waals surface area contributed by atoms with Gasteiger partial charge >= 0.3 is 6.03 Å². The first-order valence-corrected chi connectivity index (χ1v) is 5.34. The van der Waals surface area contributed by atoms with Gasteiger partial charge in [0.25, 0.3) is 0 Å². The second-order valence-electron chi connectivity index (χ2n) is 3.58. The number of allylic oxidation sites excluding steroid dienone is 3. The van der Waals surface area contributed by atoms with Crippen molar-refractivity contribution in [1.29, 1.82) is 0 Å². The maximum Gasteiger partial charge on any atom is 0.323 e. The maximum absolute atomic E-state index is 11.6. The number of para-hydroxylation sites is 1. The lowest BCUT2D eigenvalue weighted by atomic mass is 10.1. The molecule has 1 aromatic rings. The monoisotopic (exact) mass is 214 g/mol. The lowest BCUT2D eigenvalue weighted by Gasteiger charge is -2.10. The molecule has 0 heterocycles. The number of nitrogens with one attached hydrogen (secondary N) is 2. The summed E-state index contributed by atoms with van der Waals surface area (Å²) in [6.45, 7) is 0. The summed E-state index contributed by atoms with van der Waals surface area (Å²) in [5, 5.41) is 5.56. The van der Waals surface area contributed by atoms with Crippen LogP contribution in [0, 0.1) is 0 Å². The van der Waals surface area contributed by atoms with E-state index in [9.17, 15) is 4.79 Å². The zero-order chi connectivity index (χ0) is 11.2. The summed E-state index contributed by atoms with van der Waals surface area (Å²) in [7, 11) is 0. The van der Waals surface area contributed by atoms with Crippen molar-refractivity contribution >= 4 is 11.7 Å². The number of hydrogen-bond donors (Lipinski definition) is 2. The molecule has 1 aliphatic carbocycles. The third-order valence-electron chi connectivity index (χ3n) is 2.28. The zero-order valence-electron chi connectivity index (χ0n) is 8.94. The van der Waals surface area contributed by atoms with E-state index in [0.29, 0.717) is 0 Å². The molecule has 0 fully saturated rings. The normalized spacial score (nSPS) is 14.1. The molecule has 0 atom stereocenters. The Morgan fingerprint density at radius 2 is 1.88 bits per heavy atom. The van der Waals surface area contributed by atoms with Crippen molar-refractivity contribution in [3.8, 4) is 0 Å². The number of benzene rings is 1. The molecular weight excluding hydrogens is 200 g/mol. The molecule has 0 saturated carbocycles. The number of hydrogen-bond acceptors (Lipinski definition) is 1. The minimum atomic E-state index is -0.205. The van der Waals surface area contributed by atoms with Crippen molar-refractivity contribution < 1.29 is 4.79 Å². The van der Waals surface area contributed by atoms with Gasteiger partial charge in [-0.1, -0.05) is 30.4 Å². The smallest absolute Gasteiger partial charge is 0.308 e. The minimum absolute atomic E-state index is 0.205. The highest BCUT2D eigenvalue weighted by molar-refractivity contribution is 5.90. The number of urea groups is 1. The Morgan fingerprint density at radius 3 is 2.56 bits per heavy atom. The lowest BCUT2D eigenvalue weighted by molar-refractivity contribution is 0.254. The summed E-state index contributed by atoms with van der Waals surface area (Å²) in [5.41, 5.74) is 1.65. The molecule has 1 aromatic carbocycles. The van der Waals surface area contributed by atoms with E-state index in [4.69, 9.17) is 0 Å². The first-order chi connectivity index (χ1) is 7.84. The van der Waals surface area contributed by atoms with Gasteiger partial charge in [0, 0.05) is 11.4 Å². The van der Waals surface area contributed by atoms with Crippen LogP contribution in [0.5, 0.6) is 0 Å². The molecule has 2 amide bonds. The van der Waals surface area contributed by atoms with Crippen LogP contribution in [-0.2, 0) is 0 Å². The Balaban J connectivity index is 1.89. The molecule has 3 nitrogen and oxygen atoms in total. The van der Waals surface area contributed by atoms with Crippen LogP contribution < -0.4 is 10.6 Å². The predicted molar refractivity (Wildman–Crippen MR) is 65.1 cm³/mol. The topological polar surface area (TPSA) is 41.1 Å². The Bertz CT molecular complexity index is 421. The van der Waals surface area contributed by atoms with Gasteiger partial charge in [0.1, 0.15) is 0 Å². The molecule has 0 bridgehead atoms. The van der Waals surface area contributed by atoms with E-state index in [-0.39, 0.29) is 6.03 Å². The minimum Gasteiger partial charge on any atom is -0.308 e. The highest BCUT2D eigenvalue weighted by atomic mass is 16.2. The first-order valence-electron chi connectivity index (χ1n) is 5.34. The molecule has 82 valence electrons. The van der Waals surface area contributed by atoms with Gasteiger partial charge in [-0.05, 0) is 31.1 Å². The molecular formula is C13H14N2O. The summed E-state index contributed by atoms with van der Waals surface area (Å²) in [4.78, 5) is 11.6. The molecule has 16 heavy (non-hydrogen) atoms. The van der Waals surface area contributed by atoms with Gasteiger partial charge in [0.2, 0.25) is 0 Å². The fourth-order valence-electron chi connectivity index (χ4n) is 1.52. The van der Waals surface area contributed by atoms with E-state index in [0.717, 1.165) is 24.2 Å². The zero-order valence-corrected chi connectivity index (χ0v) is 8.94. The number of anilines is 1. The van der Waals surface area contributed by atoms with Crippen LogP contribution in [0.1, 0.15) is 12.8 Å². The van der Waals surface area contributed by atoms with Gasteiger partial charge in [-0.2, -0.15) is 0 Å². The number of rotatable bonds is 2. The second kappa shape index (κ2) is 5.16. The standard InChI is InChI=1S/C13H14N2O/c16-13(14-11-7-3-1-4-8-11)15-12-9-5-2-6-10-12/h1,3-5,7-10H,2,6H2,(H2,14,15,16). The van der Waals surface area contributed by atoms with E-state index in [2.05, 4.69) is 16.7 Å². The average Bonchev–Trinajstić information content (AvgIpc) is 2.31. The van der Waals surface area contributed by atoms with Gasteiger partial charge in [-0.3, -0.25) is 0 Å². The van der Waals surface area contributed by atoms with Gasteiger partial charge in [0.05, 0.1) is 0 Å². The Hall–Kier alpha value is -2.03. The van der Waals surface area contributed by atoms with Crippen LogP contribution in [0.3, 0.4) is 0 Å². The van der Waals surface area contributed by atoms with Gasteiger partial charge in [0.15, 0.2) is 0 Å². The summed E-state index contributed by atoms with van der Waals surface area (Å²) < 4.78 is 0. The first kappa shape index (κ1) is 10.5. The SMILES string of the molecule is O=C(NC1=CCCC=C1)Nc1ccccc1. The largest absolute Gasteiger partial charge is 0.323 e. The van der Waals surface area contributed by atoms with Crippen LogP contribution in [-0.4, -0.2) is 6.03 Å². The summed E-state index contributed by atoms with van der Waals surface area (Å²) in [6, 6.07) is 9.18. The van der Waals surface area contributed by atoms with E-state index in [1.807, 2.05) is 42.5 Å². The molecule has 2 rings (SSSR count). The fraction of sp³-hybridized carbons (Fsp3) is 0.154. The van der Waals surface area contributed by atoms with Crippen LogP contribution in [0.15, 0.2) is 54.3 Å². The van der Waals surface area contributed by atoms with Crippen molar-refractivity contribution in [2.75, 3.05) is 5.32 Å². The highest BCUT2D eigenvalue weighted by Gasteiger charge is 2.03. The van der Waals surface area contributed by atoms with Crippen molar-refractivity contribution in [1.82, 2.24) is 5.32 Å². The molecule has 0 aliphatic heterocycles. The Kier molecular flexibility index (Phi) is 3.38. The number of carbonyl (C=O) groups is 1. The number of amides is 2. The van der Waals surface area contributed by atoms with E-state index >= 15 is 0 Å². The summed E-state index contributed by atoms with van der Waals surface area (Å²) in [6.07, 6.45) is 8.03. The summed E-state index contributed by atoms with van der Waals surface area (Å²) >= 11 is 0. The maximum atomic E-state index is 11.6. The van der Waals surface area contributed by atoms with E-state index in [1.54, 1.807) is 0 Å². The Morgan fingerprint density at radius 1 is 1.06 bits per heavy atom. The second-order valence-corrected chi connectivity index (χ2v) is 3.58.